The van der Waals surface area contributed by atoms with E-state index in [0.29, 0.717) is 6.54 Å². The van der Waals surface area contributed by atoms with Gasteiger partial charge in [0.15, 0.2) is 0 Å². The molecule has 1 heterocycles. The second-order valence-corrected chi connectivity index (χ2v) is 3.12. The Morgan fingerprint density at radius 3 is 2.86 bits per heavy atom. The first-order chi connectivity index (χ1) is 6.77. The van der Waals surface area contributed by atoms with Gasteiger partial charge in [-0.2, -0.15) is 0 Å². The molecule has 72 valence electrons. The molecular weight excluding hydrogens is 180 g/mol. The highest BCUT2D eigenvalue weighted by Crippen LogP contribution is 2.14. The quantitative estimate of drug-likeness (QED) is 0.548. The Balaban J connectivity index is 2.29. The summed E-state index contributed by atoms with van der Waals surface area (Å²) in [5, 5.41) is 11.3. The van der Waals surface area contributed by atoms with E-state index in [1.54, 1.807) is 0 Å². The number of hydrogen-bond donors (Lipinski definition) is 0. The van der Waals surface area contributed by atoms with Crippen molar-refractivity contribution in [2.45, 2.75) is 6.54 Å². The SMILES string of the molecule is O=[N+]([O-])CCn1ccc2ccccc21. The summed E-state index contributed by atoms with van der Waals surface area (Å²) in [5.74, 6) is 0. The summed E-state index contributed by atoms with van der Waals surface area (Å²) in [5.41, 5.74) is 1.05. The minimum Gasteiger partial charge on any atom is -0.341 e. The molecule has 0 radical (unpaired) electrons. The summed E-state index contributed by atoms with van der Waals surface area (Å²) in [6.07, 6.45) is 1.88. The van der Waals surface area contributed by atoms with Crippen LogP contribution in [0.3, 0.4) is 0 Å². The predicted octanol–water partition coefficient (Wildman–Crippen LogP) is 1.92. The number of fused-ring (bicyclic) bond motifs is 1. The van der Waals surface area contributed by atoms with Crippen LogP contribution in [0, 0.1) is 10.1 Å². The molecule has 0 atom stereocenters. The van der Waals surface area contributed by atoms with Gasteiger partial charge in [0.05, 0.1) is 6.54 Å². The van der Waals surface area contributed by atoms with E-state index in [2.05, 4.69) is 0 Å². The molecule has 0 aliphatic carbocycles. The molecule has 14 heavy (non-hydrogen) atoms. The number of nitro groups is 1. The zero-order chi connectivity index (χ0) is 9.97. The Bertz CT molecular complexity index is 462. The smallest absolute Gasteiger partial charge is 0.221 e. The van der Waals surface area contributed by atoms with Crippen molar-refractivity contribution in [2.24, 2.45) is 0 Å². The lowest BCUT2D eigenvalue weighted by Gasteiger charge is -2.00. The highest BCUT2D eigenvalue weighted by atomic mass is 16.6. The van der Waals surface area contributed by atoms with Gasteiger partial charge in [0.25, 0.3) is 0 Å². The van der Waals surface area contributed by atoms with Crippen LogP contribution in [0.15, 0.2) is 36.5 Å². The lowest BCUT2D eigenvalue weighted by Crippen LogP contribution is -2.08. The molecule has 2 aromatic rings. The van der Waals surface area contributed by atoms with Crippen LogP contribution < -0.4 is 0 Å². The summed E-state index contributed by atoms with van der Waals surface area (Å²) in [7, 11) is 0. The summed E-state index contributed by atoms with van der Waals surface area (Å²) >= 11 is 0. The van der Waals surface area contributed by atoms with Gasteiger partial charge in [0.1, 0.15) is 0 Å². The van der Waals surface area contributed by atoms with Crippen LogP contribution in [0.4, 0.5) is 0 Å². The average Bonchev–Trinajstić information content (AvgIpc) is 2.58. The van der Waals surface area contributed by atoms with Gasteiger partial charge in [0, 0.05) is 16.6 Å². The van der Waals surface area contributed by atoms with E-state index in [-0.39, 0.29) is 11.5 Å². The Morgan fingerprint density at radius 2 is 2.07 bits per heavy atom. The molecule has 4 nitrogen and oxygen atoms in total. The first-order valence-electron chi connectivity index (χ1n) is 4.43. The lowest BCUT2D eigenvalue weighted by molar-refractivity contribution is -0.481. The largest absolute Gasteiger partial charge is 0.341 e. The van der Waals surface area contributed by atoms with Crippen LogP contribution in [0.1, 0.15) is 0 Å². The molecule has 0 spiro atoms. The first kappa shape index (κ1) is 8.74. The Kier molecular flexibility index (Phi) is 2.18. The van der Waals surface area contributed by atoms with Crippen molar-refractivity contribution < 1.29 is 4.92 Å². The van der Waals surface area contributed by atoms with E-state index in [4.69, 9.17) is 0 Å². The molecule has 1 aromatic carbocycles. The molecule has 0 bridgehead atoms. The van der Waals surface area contributed by atoms with Crippen molar-refractivity contribution >= 4 is 10.9 Å². The number of nitrogens with zero attached hydrogens (tertiary/aromatic N) is 2. The topological polar surface area (TPSA) is 48.1 Å². The fourth-order valence-corrected chi connectivity index (χ4v) is 1.52. The van der Waals surface area contributed by atoms with Gasteiger partial charge in [-0.3, -0.25) is 10.1 Å². The molecule has 2 rings (SSSR count). The van der Waals surface area contributed by atoms with Crippen molar-refractivity contribution in [1.29, 1.82) is 0 Å². The maximum absolute atomic E-state index is 10.2. The molecule has 0 aliphatic rings. The normalized spacial score (nSPS) is 10.6. The van der Waals surface area contributed by atoms with Gasteiger partial charge in [0.2, 0.25) is 6.54 Å². The van der Waals surface area contributed by atoms with E-state index >= 15 is 0 Å². The number of hydrogen-bond acceptors (Lipinski definition) is 2. The van der Waals surface area contributed by atoms with Crippen molar-refractivity contribution in [3.05, 3.63) is 46.6 Å². The third-order valence-corrected chi connectivity index (χ3v) is 2.20. The minimum atomic E-state index is -0.297. The standard InChI is InChI=1S/C10H10N2O2/c13-12(14)8-7-11-6-5-9-3-1-2-4-10(9)11/h1-6H,7-8H2. The molecule has 4 heteroatoms. The first-order valence-corrected chi connectivity index (χ1v) is 4.43. The van der Waals surface area contributed by atoms with Crippen LogP contribution in [0.25, 0.3) is 10.9 Å². The highest BCUT2D eigenvalue weighted by Gasteiger charge is 2.02. The van der Waals surface area contributed by atoms with Crippen molar-refractivity contribution in [1.82, 2.24) is 4.57 Å². The maximum Gasteiger partial charge on any atom is 0.221 e. The fourth-order valence-electron chi connectivity index (χ4n) is 1.52. The number of para-hydroxylation sites is 1. The second kappa shape index (κ2) is 3.49. The fraction of sp³-hybridized carbons (Fsp3) is 0.200. The zero-order valence-electron chi connectivity index (χ0n) is 7.59. The maximum atomic E-state index is 10.2. The van der Waals surface area contributed by atoms with Crippen molar-refractivity contribution in [3.8, 4) is 0 Å². The number of aromatic nitrogens is 1. The van der Waals surface area contributed by atoms with Crippen LogP contribution in [-0.4, -0.2) is 16.0 Å². The van der Waals surface area contributed by atoms with Crippen LogP contribution in [-0.2, 0) is 6.54 Å². The minimum absolute atomic E-state index is 0.0291. The molecule has 0 fully saturated rings. The summed E-state index contributed by atoms with van der Waals surface area (Å²) in [4.78, 5) is 9.93. The molecule has 0 aliphatic heterocycles. The van der Waals surface area contributed by atoms with E-state index < -0.39 is 0 Å². The average molecular weight is 190 g/mol. The van der Waals surface area contributed by atoms with Crippen LogP contribution >= 0.6 is 0 Å². The van der Waals surface area contributed by atoms with Gasteiger partial charge >= 0.3 is 0 Å². The predicted molar refractivity (Wildman–Crippen MR) is 53.8 cm³/mol. The van der Waals surface area contributed by atoms with E-state index in [1.807, 2.05) is 41.1 Å². The number of benzene rings is 1. The molecular formula is C10H10N2O2. The number of rotatable bonds is 3. The van der Waals surface area contributed by atoms with Gasteiger partial charge in [-0.05, 0) is 17.5 Å². The Labute approximate surface area is 80.9 Å². The molecule has 0 amide bonds. The van der Waals surface area contributed by atoms with Gasteiger partial charge in [-0.15, -0.1) is 0 Å². The summed E-state index contributed by atoms with van der Waals surface area (Å²) < 4.78 is 1.90. The monoisotopic (exact) mass is 190 g/mol. The van der Waals surface area contributed by atoms with Crippen molar-refractivity contribution in [2.75, 3.05) is 6.54 Å². The lowest BCUT2D eigenvalue weighted by atomic mass is 10.2. The van der Waals surface area contributed by atoms with Crippen molar-refractivity contribution in [3.63, 3.8) is 0 Å². The highest BCUT2D eigenvalue weighted by molar-refractivity contribution is 5.79. The Hall–Kier alpha value is -1.84. The second-order valence-electron chi connectivity index (χ2n) is 3.12. The Morgan fingerprint density at radius 1 is 1.29 bits per heavy atom. The molecule has 1 aromatic heterocycles. The van der Waals surface area contributed by atoms with Crippen LogP contribution in [0.5, 0.6) is 0 Å². The third-order valence-electron chi connectivity index (χ3n) is 2.20. The van der Waals surface area contributed by atoms with Gasteiger partial charge in [-0.1, -0.05) is 18.2 Å². The molecule has 0 saturated heterocycles. The summed E-state index contributed by atoms with van der Waals surface area (Å²) in [6, 6.07) is 9.83. The van der Waals surface area contributed by atoms with Gasteiger partial charge in [-0.25, -0.2) is 0 Å². The van der Waals surface area contributed by atoms with E-state index in [0.717, 1.165) is 10.9 Å². The van der Waals surface area contributed by atoms with Crippen LogP contribution in [0.2, 0.25) is 0 Å². The summed E-state index contributed by atoms with van der Waals surface area (Å²) in [6.45, 7) is 0.402. The van der Waals surface area contributed by atoms with E-state index in [1.165, 1.54) is 0 Å². The third kappa shape index (κ3) is 1.59. The molecule has 0 saturated carbocycles. The zero-order valence-corrected chi connectivity index (χ0v) is 7.59. The van der Waals surface area contributed by atoms with Gasteiger partial charge < -0.3 is 4.57 Å². The molecule has 0 N–H and O–H groups in total. The molecule has 0 unspecified atom stereocenters. The van der Waals surface area contributed by atoms with E-state index in [9.17, 15) is 10.1 Å².